The Kier molecular flexibility index (Phi) is 11.4. The summed E-state index contributed by atoms with van der Waals surface area (Å²) in [6.45, 7) is 6.20. The van der Waals surface area contributed by atoms with Crippen LogP contribution in [0.5, 0.6) is 17.2 Å². The molecule has 9 rings (SSSR count). The van der Waals surface area contributed by atoms with Crippen LogP contribution in [0.3, 0.4) is 0 Å². The van der Waals surface area contributed by atoms with Gasteiger partial charge in [0.2, 0.25) is 0 Å². The van der Waals surface area contributed by atoms with Crippen LogP contribution < -0.4 is 13.6 Å². The van der Waals surface area contributed by atoms with Gasteiger partial charge in [-0.25, -0.2) is 0 Å². The van der Waals surface area contributed by atoms with E-state index in [0.29, 0.717) is 17.2 Å². The normalized spacial score (nSPS) is 11.2. The largest absolute Gasteiger partial charge is 0.647 e. The van der Waals surface area contributed by atoms with Crippen LogP contribution in [0.4, 0.5) is 0 Å². The van der Waals surface area contributed by atoms with Gasteiger partial charge in [0.1, 0.15) is 17.2 Å². The van der Waals surface area contributed by atoms with Crippen molar-refractivity contribution in [1.82, 2.24) is 0 Å². The summed E-state index contributed by atoms with van der Waals surface area (Å²) in [5.74, 6) is 1.13. The van der Waals surface area contributed by atoms with Crippen LogP contribution in [0.15, 0.2) is 218 Å². The monoisotopic (exact) mass is 824 g/mol. The number of benzene rings is 9. The van der Waals surface area contributed by atoms with Crippen LogP contribution in [0.1, 0.15) is 16.7 Å². The Bertz CT molecular complexity index is 2720. The van der Waals surface area contributed by atoms with E-state index in [0.717, 1.165) is 83.5 Å². The fourth-order valence-electron chi connectivity index (χ4n) is 8.09. The van der Waals surface area contributed by atoms with E-state index in [-0.39, 0.29) is 0 Å². The van der Waals surface area contributed by atoms with Crippen LogP contribution >= 0.6 is 7.82 Å². The molecular weight excluding hydrogens is 780 g/mol. The Morgan fingerprint density at radius 2 is 0.484 bits per heavy atom. The van der Waals surface area contributed by atoms with Gasteiger partial charge in [0.15, 0.2) is 0 Å². The topological polar surface area (TPSA) is 44.8 Å². The van der Waals surface area contributed by atoms with E-state index >= 15 is 4.57 Å². The lowest BCUT2D eigenvalue weighted by Gasteiger charge is -2.27. The second-order valence-electron chi connectivity index (χ2n) is 15.3. The molecule has 0 N–H and O–H groups in total. The molecule has 5 heteroatoms. The average molecular weight is 825 g/mol. The molecule has 0 aromatic heterocycles. The highest BCUT2D eigenvalue weighted by atomic mass is 31.2. The molecule has 0 fully saturated rings. The number of hydrogen-bond donors (Lipinski definition) is 0. The van der Waals surface area contributed by atoms with E-state index in [2.05, 4.69) is 57.2 Å². The van der Waals surface area contributed by atoms with Crippen LogP contribution in [-0.4, -0.2) is 0 Å². The SMILES string of the molecule is Cc1ccccc1-c1cccc(-c2ccccc2)c1OP(=O)(Oc1c(-c2ccccc2)cccc1-c1ccccc1C)Oc1c(-c2ccccc2)cccc1-c1ccccc1C. The van der Waals surface area contributed by atoms with Crippen molar-refractivity contribution < 1.29 is 18.1 Å². The fourth-order valence-corrected chi connectivity index (χ4v) is 9.47. The molecule has 0 aliphatic carbocycles. The third kappa shape index (κ3) is 8.21. The molecule has 0 radical (unpaired) electrons. The number of aryl methyl sites for hydroxylation is 3. The molecular formula is C57H45O4P. The summed E-state index contributed by atoms with van der Waals surface area (Å²) >= 11 is 0. The highest BCUT2D eigenvalue weighted by Crippen LogP contribution is 2.59. The molecule has 0 amide bonds. The highest BCUT2D eigenvalue weighted by Gasteiger charge is 2.39. The van der Waals surface area contributed by atoms with Crippen molar-refractivity contribution in [2.24, 2.45) is 0 Å². The highest BCUT2D eigenvalue weighted by molar-refractivity contribution is 7.49. The molecule has 0 spiro atoms. The molecule has 0 unspecified atom stereocenters. The van der Waals surface area contributed by atoms with Gasteiger partial charge in [-0.3, -0.25) is 0 Å². The summed E-state index contributed by atoms with van der Waals surface area (Å²) in [4.78, 5) is 0. The first-order valence-electron chi connectivity index (χ1n) is 20.8. The van der Waals surface area contributed by atoms with Gasteiger partial charge in [0, 0.05) is 33.4 Å². The van der Waals surface area contributed by atoms with Gasteiger partial charge in [-0.1, -0.05) is 218 Å². The molecule has 0 heterocycles. The number of rotatable bonds is 12. The van der Waals surface area contributed by atoms with Gasteiger partial charge < -0.3 is 13.6 Å². The number of para-hydroxylation sites is 3. The Morgan fingerprint density at radius 3 is 0.758 bits per heavy atom. The first-order chi connectivity index (χ1) is 30.4. The molecule has 302 valence electrons. The van der Waals surface area contributed by atoms with Crippen molar-refractivity contribution in [2.45, 2.75) is 20.8 Å². The number of hydrogen-bond acceptors (Lipinski definition) is 4. The van der Waals surface area contributed by atoms with E-state index in [9.17, 15) is 0 Å². The van der Waals surface area contributed by atoms with E-state index < -0.39 is 7.82 Å². The average Bonchev–Trinajstić information content (AvgIpc) is 3.31. The zero-order valence-corrected chi connectivity index (χ0v) is 35.8. The van der Waals surface area contributed by atoms with Crippen molar-refractivity contribution in [3.8, 4) is 84.0 Å². The number of phosphoric acid groups is 1. The summed E-state index contributed by atoms with van der Waals surface area (Å²) in [5, 5.41) is 0. The van der Waals surface area contributed by atoms with Gasteiger partial charge >= 0.3 is 7.82 Å². The van der Waals surface area contributed by atoms with E-state index in [1.54, 1.807) is 0 Å². The van der Waals surface area contributed by atoms with Gasteiger partial charge in [0.25, 0.3) is 0 Å². The Hall–Kier alpha value is -7.39. The van der Waals surface area contributed by atoms with Crippen molar-refractivity contribution in [2.75, 3.05) is 0 Å². The lowest BCUT2D eigenvalue weighted by atomic mass is 9.95. The molecule has 0 saturated carbocycles. The van der Waals surface area contributed by atoms with Gasteiger partial charge in [-0.05, 0) is 70.8 Å². The maximum absolute atomic E-state index is 16.8. The molecule has 0 bridgehead atoms. The van der Waals surface area contributed by atoms with Gasteiger partial charge in [0.05, 0.1) is 0 Å². The lowest BCUT2D eigenvalue weighted by Crippen LogP contribution is -2.11. The zero-order valence-electron chi connectivity index (χ0n) is 34.9. The second-order valence-corrected chi connectivity index (χ2v) is 16.8. The molecule has 0 aliphatic heterocycles. The third-order valence-electron chi connectivity index (χ3n) is 11.2. The first kappa shape index (κ1) is 40.0. The van der Waals surface area contributed by atoms with Crippen molar-refractivity contribution >= 4 is 7.82 Å². The maximum Gasteiger partial charge on any atom is 0.647 e. The molecule has 0 aliphatic rings. The summed E-state index contributed by atoms with van der Waals surface area (Å²) in [7, 11) is -4.81. The summed E-state index contributed by atoms with van der Waals surface area (Å²) < 4.78 is 38.3. The molecule has 0 atom stereocenters. The van der Waals surface area contributed by atoms with Crippen LogP contribution in [0, 0.1) is 20.8 Å². The lowest BCUT2D eigenvalue weighted by molar-refractivity contribution is 0.300. The predicted octanol–water partition coefficient (Wildman–Crippen LogP) is 16.3. The maximum atomic E-state index is 16.8. The smallest absolute Gasteiger partial charge is 0.385 e. The minimum atomic E-state index is -4.81. The summed E-state index contributed by atoms with van der Waals surface area (Å²) in [6.07, 6.45) is 0. The molecule has 9 aromatic rings. The van der Waals surface area contributed by atoms with E-state index in [1.165, 1.54) is 0 Å². The molecule has 62 heavy (non-hydrogen) atoms. The van der Waals surface area contributed by atoms with Crippen molar-refractivity contribution in [3.05, 3.63) is 235 Å². The second kappa shape index (κ2) is 17.7. The van der Waals surface area contributed by atoms with E-state index in [4.69, 9.17) is 13.6 Å². The predicted molar refractivity (Wildman–Crippen MR) is 256 cm³/mol. The van der Waals surface area contributed by atoms with Crippen LogP contribution in [-0.2, 0) is 4.57 Å². The van der Waals surface area contributed by atoms with Crippen molar-refractivity contribution in [3.63, 3.8) is 0 Å². The van der Waals surface area contributed by atoms with E-state index in [1.807, 2.05) is 182 Å². The Morgan fingerprint density at radius 1 is 0.258 bits per heavy atom. The number of phosphoric ester groups is 1. The fraction of sp³-hybridized carbons (Fsp3) is 0.0526. The first-order valence-corrected chi connectivity index (χ1v) is 22.2. The summed E-state index contributed by atoms with van der Waals surface area (Å²) in [6, 6.07) is 72.4. The minimum Gasteiger partial charge on any atom is -0.385 e. The Labute approximate surface area is 364 Å². The van der Waals surface area contributed by atoms with Crippen LogP contribution in [0.25, 0.3) is 66.8 Å². The molecule has 9 aromatic carbocycles. The quantitative estimate of drug-likeness (QED) is 0.115. The molecule has 0 saturated heterocycles. The third-order valence-corrected chi connectivity index (χ3v) is 12.4. The van der Waals surface area contributed by atoms with Gasteiger partial charge in [-0.2, -0.15) is 4.57 Å². The van der Waals surface area contributed by atoms with Crippen LogP contribution in [0.2, 0.25) is 0 Å². The minimum absolute atomic E-state index is 0.376. The van der Waals surface area contributed by atoms with Crippen molar-refractivity contribution in [1.29, 1.82) is 0 Å². The Balaban J connectivity index is 1.34. The zero-order chi connectivity index (χ0) is 42.5. The summed E-state index contributed by atoms with van der Waals surface area (Å²) in [5.41, 5.74) is 13.0. The van der Waals surface area contributed by atoms with Gasteiger partial charge in [-0.15, -0.1) is 0 Å². The standard InChI is InChI=1S/C57H45O4P/c1-40-22-13-16-31-46(40)52-37-19-34-49(43-25-7-4-8-26-43)55(52)59-62(58,60-56-50(44-27-9-5-10-28-44)35-20-38-53(56)47-32-17-14-23-41(47)2)61-57-51(45-29-11-6-12-30-45)36-21-39-54(57)48-33-18-15-24-42(48)3/h4-39H,1-3H3. The molecule has 4 nitrogen and oxygen atoms in total.